The van der Waals surface area contributed by atoms with E-state index in [9.17, 15) is 15.0 Å². The molecule has 0 saturated carbocycles. The second-order valence-corrected chi connectivity index (χ2v) is 3.04. The summed E-state index contributed by atoms with van der Waals surface area (Å²) in [7, 11) is 0. The minimum absolute atomic E-state index is 0.0265. The maximum Gasteiger partial charge on any atom is 0.407 e. The predicted octanol–water partition coefficient (Wildman–Crippen LogP) is 0.879. The molecular weight excluding hydrogens is 186 g/mol. The summed E-state index contributed by atoms with van der Waals surface area (Å²) in [6, 6.07) is 3.75. The second-order valence-electron chi connectivity index (χ2n) is 3.04. The van der Waals surface area contributed by atoms with Crippen LogP contribution in [0, 0.1) is 0 Å². The van der Waals surface area contributed by atoms with Gasteiger partial charge in [0.2, 0.25) is 0 Å². The lowest BCUT2D eigenvalue weighted by atomic mass is 10.1. The third-order valence-corrected chi connectivity index (χ3v) is 2.06. The molecule has 5 heteroatoms. The molecule has 0 aromatic heterocycles. The molecule has 0 spiro atoms. The van der Waals surface area contributed by atoms with Crippen LogP contribution in [0.2, 0.25) is 0 Å². The molecule has 1 aromatic carbocycles. The quantitative estimate of drug-likeness (QED) is 0.581. The lowest BCUT2D eigenvalue weighted by Gasteiger charge is -2.09. The third-order valence-electron chi connectivity index (χ3n) is 2.06. The summed E-state index contributed by atoms with van der Waals surface area (Å²) in [5.74, 6) is 0.0672. The van der Waals surface area contributed by atoms with Gasteiger partial charge in [-0.15, -0.1) is 0 Å². The molecule has 2 rings (SSSR count). The van der Waals surface area contributed by atoms with E-state index in [-0.39, 0.29) is 18.1 Å². The Hall–Kier alpha value is -1.91. The number of phenols is 2. The maximum atomic E-state index is 10.7. The molecule has 1 aliphatic heterocycles. The Balaban J connectivity index is 2.31. The number of hydrogen-bond acceptors (Lipinski definition) is 4. The van der Waals surface area contributed by atoms with Gasteiger partial charge in [0, 0.05) is 5.56 Å². The Labute approximate surface area is 79.9 Å². The van der Waals surface area contributed by atoms with E-state index in [1.807, 2.05) is 0 Å². The number of amides is 1. The number of aromatic hydroxyl groups is 2. The average Bonchev–Trinajstić information content (AvgIpc) is 2.56. The SMILES string of the molecule is O=C1N[C@H](c2cc(O)ccc2O)CO1. The van der Waals surface area contributed by atoms with Gasteiger partial charge in [0.25, 0.3) is 0 Å². The van der Waals surface area contributed by atoms with Crippen LogP contribution in [-0.2, 0) is 4.74 Å². The van der Waals surface area contributed by atoms with Crippen molar-refractivity contribution in [1.29, 1.82) is 0 Å². The standard InChI is InChI=1S/C9H9NO4/c11-5-1-2-8(12)6(3-5)7-4-14-9(13)10-7/h1-3,7,11-12H,4H2,(H,10,13)/t7-/m0/s1. The van der Waals surface area contributed by atoms with Crippen LogP contribution in [0.1, 0.15) is 11.6 Å². The fraction of sp³-hybridized carbons (Fsp3) is 0.222. The molecule has 1 atom stereocenters. The van der Waals surface area contributed by atoms with E-state index in [4.69, 9.17) is 0 Å². The number of rotatable bonds is 1. The van der Waals surface area contributed by atoms with Crippen LogP contribution in [-0.4, -0.2) is 22.9 Å². The highest BCUT2D eigenvalue weighted by Crippen LogP contribution is 2.29. The van der Waals surface area contributed by atoms with Crippen molar-refractivity contribution in [2.75, 3.05) is 6.61 Å². The van der Waals surface area contributed by atoms with Gasteiger partial charge in [0.05, 0.1) is 6.04 Å². The molecule has 0 aliphatic carbocycles. The van der Waals surface area contributed by atoms with Crippen molar-refractivity contribution in [3.8, 4) is 11.5 Å². The predicted molar refractivity (Wildman–Crippen MR) is 47.0 cm³/mol. The zero-order valence-electron chi connectivity index (χ0n) is 7.23. The van der Waals surface area contributed by atoms with E-state index in [2.05, 4.69) is 10.1 Å². The molecule has 0 unspecified atom stereocenters. The normalized spacial score (nSPS) is 20.3. The summed E-state index contributed by atoms with van der Waals surface area (Å²) in [5, 5.41) is 21.2. The Bertz CT molecular complexity index is 377. The van der Waals surface area contributed by atoms with Crippen LogP contribution in [0.5, 0.6) is 11.5 Å². The van der Waals surface area contributed by atoms with Crippen LogP contribution >= 0.6 is 0 Å². The first-order valence-electron chi connectivity index (χ1n) is 4.12. The molecule has 0 bridgehead atoms. The molecule has 0 radical (unpaired) electrons. The van der Waals surface area contributed by atoms with Gasteiger partial charge in [0.15, 0.2) is 0 Å². The molecule has 3 N–H and O–H groups in total. The van der Waals surface area contributed by atoms with E-state index in [0.717, 1.165) is 0 Å². The zero-order valence-corrected chi connectivity index (χ0v) is 7.23. The Morgan fingerprint density at radius 1 is 1.43 bits per heavy atom. The number of carbonyl (C=O) groups excluding carboxylic acids is 1. The number of benzene rings is 1. The number of cyclic esters (lactones) is 1. The van der Waals surface area contributed by atoms with Crippen LogP contribution in [0.25, 0.3) is 0 Å². The molecule has 1 heterocycles. The monoisotopic (exact) mass is 195 g/mol. The van der Waals surface area contributed by atoms with E-state index < -0.39 is 12.1 Å². The maximum absolute atomic E-state index is 10.7. The van der Waals surface area contributed by atoms with Gasteiger partial charge >= 0.3 is 6.09 Å². The van der Waals surface area contributed by atoms with Gasteiger partial charge in [-0.1, -0.05) is 0 Å². The van der Waals surface area contributed by atoms with E-state index in [0.29, 0.717) is 5.56 Å². The van der Waals surface area contributed by atoms with Crippen LogP contribution in [0.3, 0.4) is 0 Å². The molecule has 5 nitrogen and oxygen atoms in total. The van der Waals surface area contributed by atoms with E-state index >= 15 is 0 Å². The second kappa shape index (κ2) is 3.10. The molecule has 1 saturated heterocycles. The largest absolute Gasteiger partial charge is 0.508 e. The lowest BCUT2D eigenvalue weighted by molar-refractivity contribution is 0.177. The molecule has 1 fully saturated rings. The van der Waals surface area contributed by atoms with Crippen molar-refractivity contribution < 1.29 is 19.7 Å². The van der Waals surface area contributed by atoms with Gasteiger partial charge in [0.1, 0.15) is 18.1 Å². The average molecular weight is 195 g/mol. The van der Waals surface area contributed by atoms with Crippen LogP contribution < -0.4 is 5.32 Å². The number of nitrogens with one attached hydrogen (secondary N) is 1. The summed E-state index contributed by atoms with van der Waals surface area (Å²) < 4.78 is 4.67. The summed E-state index contributed by atoms with van der Waals surface area (Å²) in [6.07, 6.45) is -0.516. The number of hydrogen-bond donors (Lipinski definition) is 3. The zero-order chi connectivity index (χ0) is 10.1. The van der Waals surface area contributed by atoms with Crippen molar-refractivity contribution in [2.24, 2.45) is 0 Å². The van der Waals surface area contributed by atoms with E-state index in [1.165, 1.54) is 18.2 Å². The minimum Gasteiger partial charge on any atom is -0.508 e. The summed E-state index contributed by atoms with van der Waals surface area (Å²) in [5.41, 5.74) is 0.454. The highest BCUT2D eigenvalue weighted by atomic mass is 16.6. The van der Waals surface area contributed by atoms with Crippen molar-refractivity contribution >= 4 is 6.09 Å². The molecule has 1 aliphatic rings. The first-order valence-corrected chi connectivity index (χ1v) is 4.12. The lowest BCUT2D eigenvalue weighted by Crippen LogP contribution is -2.18. The van der Waals surface area contributed by atoms with Crippen molar-refractivity contribution in [2.45, 2.75) is 6.04 Å². The molecular formula is C9H9NO4. The smallest absolute Gasteiger partial charge is 0.407 e. The van der Waals surface area contributed by atoms with Gasteiger partial charge < -0.3 is 20.3 Å². The van der Waals surface area contributed by atoms with Gasteiger partial charge in [-0.2, -0.15) is 0 Å². The van der Waals surface area contributed by atoms with Crippen molar-refractivity contribution in [3.63, 3.8) is 0 Å². The number of phenolic OH excluding ortho intramolecular Hbond substituents is 2. The highest BCUT2D eigenvalue weighted by Gasteiger charge is 2.26. The van der Waals surface area contributed by atoms with Crippen molar-refractivity contribution in [1.82, 2.24) is 5.32 Å². The molecule has 1 amide bonds. The van der Waals surface area contributed by atoms with Crippen molar-refractivity contribution in [3.05, 3.63) is 23.8 Å². The fourth-order valence-electron chi connectivity index (χ4n) is 1.37. The van der Waals surface area contributed by atoms with Gasteiger partial charge in [-0.25, -0.2) is 4.79 Å². The molecule has 14 heavy (non-hydrogen) atoms. The molecule has 1 aromatic rings. The minimum atomic E-state index is -0.516. The van der Waals surface area contributed by atoms with E-state index in [1.54, 1.807) is 0 Å². The summed E-state index contributed by atoms with van der Waals surface area (Å²) >= 11 is 0. The van der Waals surface area contributed by atoms with Gasteiger partial charge in [-0.05, 0) is 18.2 Å². The van der Waals surface area contributed by atoms with Crippen LogP contribution in [0.4, 0.5) is 4.79 Å². The first kappa shape index (κ1) is 8.68. The van der Waals surface area contributed by atoms with Gasteiger partial charge in [-0.3, -0.25) is 0 Å². The summed E-state index contributed by atoms with van der Waals surface area (Å²) in [4.78, 5) is 10.7. The third kappa shape index (κ3) is 1.44. The number of ether oxygens (including phenoxy) is 1. The highest BCUT2D eigenvalue weighted by molar-refractivity contribution is 5.70. The Kier molecular flexibility index (Phi) is 1.92. The summed E-state index contributed by atoms with van der Waals surface area (Å²) in [6.45, 7) is 0.163. The first-order chi connectivity index (χ1) is 6.66. The number of alkyl carbamates (subject to hydrolysis) is 1. The fourth-order valence-corrected chi connectivity index (χ4v) is 1.37. The number of carbonyl (C=O) groups is 1. The Morgan fingerprint density at radius 2 is 2.21 bits per heavy atom. The van der Waals surface area contributed by atoms with Crippen LogP contribution in [0.15, 0.2) is 18.2 Å². The topological polar surface area (TPSA) is 78.8 Å². The molecule has 74 valence electrons. The Morgan fingerprint density at radius 3 is 2.86 bits per heavy atom.